The van der Waals surface area contributed by atoms with E-state index in [0.717, 1.165) is 0 Å². The first-order valence-corrected chi connectivity index (χ1v) is 3.75. The van der Waals surface area contributed by atoms with E-state index in [2.05, 4.69) is 34.6 Å². The van der Waals surface area contributed by atoms with E-state index in [1.54, 1.807) is 0 Å². The van der Waals surface area contributed by atoms with E-state index in [4.69, 9.17) is 0 Å². The SMILES string of the molecule is C[C]1C(C)=C(C)C(C)=C1C.[Li+]. The quantitative estimate of drug-likeness (QED) is 0.426. The van der Waals surface area contributed by atoms with Crippen LogP contribution in [0.25, 0.3) is 0 Å². The molecule has 1 heteroatoms. The van der Waals surface area contributed by atoms with Gasteiger partial charge in [-0.25, -0.2) is 0 Å². The molecule has 0 N–H and O–H groups in total. The Labute approximate surface area is 81.9 Å². The Morgan fingerprint density at radius 1 is 0.545 bits per heavy atom. The van der Waals surface area contributed by atoms with Gasteiger partial charge in [-0.05, 0) is 38.8 Å². The molecule has 0 heterocycles. The molecule has 0 aromatic carbocycles. The molecule has 1 rings (SSSR count). The summed E-state index contributed by atoms with van der Waals surface area (Å²) in [6.45, 7) is 11.0. The van der Waals surface area contributed by atoms with E-state index in [1.807, 2.05) is 0 Å². The van der Waals surface area contributed by atoms with E-state index in [1.165, 1.54) is 28.2 Å². The normalized spacial score (nSPS) is 19.4. The van der Waals surface area contributed by atoms with E-state index in [-0.39, 0.29) is 18.9 Å². The summed E-state index contributed by atoms with van der Waals surface area (Å²) in [7, 11) is 0. The second kappa shape index (κ2) is 3.65. The second-order valence-corrected chi connectivity index (χ2v) is 3.12. The zero-order valence-corrected chi connectivity index (χ0v) is 8.50. The third-order valence-corrected chi connectivity index (χ3v) is 2.81. The zero-order chi connectivity index (χ0) is 7.89. The largest absolute Gasteiger partial charge is 1.00 e. The van der Waals surface area contributed by atoms with Crippen molar-refractivity contribution in [3.8, 4) is 0 Å². The zero-order valence-electron chi connectivity index (χ0n) is 8.50. The fourth-order valence-electron chi connectivity index (χ4n) is 1.41. The molecule has 0 nitrogen and oxygen atoms in total. The maximum absolute atomic E-state index is 2.20. The van der Waals surface area contributed by atoms with E-state index >= 15 is 0 Å². The third kappa shape index (κ3) is 1.63. The smallest absolute Gasteiger partial charge is 0.0589 e. The van der Waals surface area contributed by atoms with Gasteiger partial charge in [0.2, 0.25) is 0 Å². The molecule has 0 spiro atoms. The summed E-state index contributed by atoms with van der Waals surface area (Å²) >= 11 is 0. The van der Waals surface area contributed by atoms with E-state index < -0.39 is 0 Å². The molecule has 0 aliphatic heterocycles. The molecule has 1 aliphatic rings. The van der Waals surface area contributed by atoms with Crippen molar-refractivity contribution in [1.29, 1.82) is 0 Å². The molecule has 0 unspecified atom stereocenters. The molecule has 0 aromatic heterocycles. The van der Waals surface area contributed by atoms with Gasteiger partial charge in [0.15, 0.2) is 0 Å². The van der Waals surface area contributed by atoms with Crippen molar-refractivity contribution in [2.24, 2.45) is 0 Å². The van der Waals surface area contributed by atoms with Gasteiger partial charge in [0.05, 0.1) is 0 Å². The standard InChI is InChI=1S/C10H15.Li/c1-6-7(2)9(4)10(5)8(6)3;/h1-5H3;/q;+1. The Morgan fingerprint density at radius 3 is 0.909 bits per heavy atom. The summed E-state index contributed by atoms with van der Waals surface area (Å²) in [5.41, 5.74) is 5.87. The van der Waals surface area contributed by atoms with Crippen LogP contribution in [0.1, 0.15) is 34.6 Å². The summed E-state index contributed by atoms with van der Waals surface area (Å²) in [6.07, 6.45) is 0. The first kappa shape index (κ1) is 11.1. The van der Waals surface area contributed by atoms with Gasteiger partial charge in [0, 0.05) is 5.92 Å². The van der Waals surface area contributed by atoms with Gasteiger partial charge in [-0.15, -0.1) is 0 Å². The molecule has 0 fully saturated rings. The molecular formula is C10H15Li+. The van der Waals surface area contributed by atoms with Gasteiger partial charge in [0.1, 0.15) is 0 Å². The predicted octanol–water partition coefficient (Wildman–Crippen LogP) is 0.271. The van der Waals surface area contributed by atoms with Crippen LogP contribution in [0.2, 0.25) is 0 Å². The number of hydrogen-bond acceptors (Lipinski definition) is 0. The maximum Gasteiger partial charge on any atom is 1.00 e. The van der Waals surface area contributed by atoms with Crippen molar-refractivity contribution < 1.29 is 18.9 Å². The van der Waals surface area contributed by atoms with Gasteiger partial charge >= 0.3 is 18.9 Å². The van der Waals surface area contributed by atoms with E-state index in [0.29, 0.717) is 0 Å². The monoisotopic (exact) mass is 142 g/mol. The molecule has 0 saturated carbocycles. The van der Waals surface area contributed by atoms with Crippen molar-refractivity contribution in [3.63, 3.8) is 0 Å². The number of allylic oxidation sites excluding steroid dienone is 4. The predicted molar refractivity (Wildman–Crippen MR) is 45.7 cm³/mol. The van der Waals surface area contributed by atoms with Crippen molar-refractivity contribution in [3.05, 3.63) is 28.2 Å². The maximum atomic E-state index is 2.20. The molecule has 11 heavy (non-hydrogen) atoms. The Bertz CT molecular complexity index is 197. The van der Waals surface area contributed by atoms with Crippen LogP contribution in [0, 0.1) is 5.92 Å². The Kier molecular flexibility index (Phi) is 3.68. The van der Waals surface area contributed by atoms with Gasteiger partial charge in [-0.1, -0.05) is 18.1 Å². The average molecular weight is 142 g/mol. The van der Waals surface area contributed by atoms with Gasteiger partial charge < -0.3 is 0 Å². The van der Waals surface area contributed by atoms with Gasteiger partial charge in [-0.3, -0.25) is 0 Å². The fourth-order valence-corrected chi connectivity index (χ4v) is 1.41. The molecule has 0 saturated heterocycles. The molecule has 1 aliphatic carbocycles. The molecule has 1 radical (unpaired) electrons. The van der Waals surface area contributed by atoms with Crippen molar-refractivity contribution in [1.82, 2.24) is 0 Å². The van der Waals surface area contributed by atoms with Crippen LogP contribution in [0.5, 0.6) is 0 Å². The fraction of sp³-hybridized carbons (Fsp3) is 0.500. The molecular weight excluding hydrogens is 127 g/mol. The second-order valence-electron chi connectivity index (χ2n) is 3.12. The first-order chi connectivity index (χ1) is 4.55. The summed E-state index contributed by atoms with van der Waals surface area (Å²) in [5, 5.41) is 0. The minimum absolute atomic E-state index is 0. The molecule has 0 aromatic rings. The molecule has 0 amide bonds. The van der Waals surface area contributed by atoms with Crippen molar-refractivity contribution in [2.75, 3.05) is 0 Å². The molecule has 0 bridgehead atoms. The number of hydrogen-bond donors (Lipinski definition) is 0. The van der Waals surface area contributed by atoms with Crippen LogP contribution in [-0.2, 0) is 0 Å². The van der Waals surface area contributed by atoms with Crippen LogP contribution in [-0.4, -0.2) is 0 Å². The van der Waals surface area contributed by atoms with Crippen LogP contribution < -0.4 is 18.9 Å². The van der Waals surface area contributed by atoms with Crippen LogP contribution in [0.4, 0.5) is 0 Å². The van der Waals surface area contributed by atoms with Crippen molar-refractivity contribution >= 4 is 0 Å². The topological polar surface area (TPSA) is 0 Å². The van der Waals surface area contributed by atoms with Crippen LogP contribution in [0.3, 0.4) is 0 Å². The summed E-state index contributed by atoms with van der Waals surface area (Å²) < 4.78 is 0. The first-order valence-electron chi connectivity index (χ1n) is 3.75. The van der Waals surface area contributed by atoms with Crippen LogP contribution >= 0.6 is 0 Å². The minimum atomic E-state index is 0. The Hall–Kier alpha value is 0.0774. The summed E-state index contributed by atoms with van der Waals surface area (Å²) in [6, 6.07) is 0. The Morgan fingerprint density at radius 2 is 0.818 bits per heavy atom. The molecule has 55 valence electrons. The van der Waals surface area contributed by atoms with Gasteiger partial charge in [-0.2, -0.15) is 0 Å². The van der Waals surface area contributed by atoms with Crippen LogP contribution in [0.15, 0.2) is 22.3 Å². The van der Waals surface area contributed by atoms with Crippen molar-refractivity contribution in [2.45, 2.75) is 34.6 Å². The Balaban J connectivity index is 0.000001000. The number of rotatable bonds is 0. The summed E-state index contributed by atoms with van der Waals surface area (Å²) in [5.74, 6) is 1.47. The van der Waals surface area contributed by atoms with E-state index in [9.17, 15) is 0 Å². The van der Waals surface area contributed by atoms with Gasteiger partial charge in [0.25, 0.3) is 0 Å². The minimum Gasteiger partial charge on any atom is -0.0589 e. The third-order valence-electron chi connectivity index (χ3n) is 2.81. The summed E-state index contributed by atoms with van der Waals surface area (Å²) in [4.78, 5) is 0. The average Bonchev–Trinajstić information content (AvgIpc) is 2.07. The molecule has 0 atom stereocenters.